The van der Waals surface area contributed by atoms with Crippen molar-refractivity contribution in [3.05, 3.63) is 65.5 Å². The number of aromatic carboxylic acids is 1. The lowest BCUT2D eigenvalue weighted by molar-refractivity contribution is 0.0697. The highest BCUT2D eigenvalue weighted by atomic mass is 16.4. The predicted molar refractivity (Wildman–Crippen MR) is 126 cm³/mol. The molecule has 5 rings (SSSR count). The smallest absolute Gasteiger partial charge is 0.335 e. The molecule has 1 spiro atoms. The van der Waals surface area contributed by atoms with Gasteiger partial charge in [0.2, 0.25) is 0 Å². The number of carbonyl (C=O) groups is 1. The lowest BCUT2D eigenvalue weighted by atomic mass is 9.77. The molecule has 0 unspecified atom stereocenters. The molecule has 0 atom stereocenters. The molecular formula is C26H32N4O2. The molecule has 0 radical (unpaired) electrons. The van der Waals surface area contributed by atoms with Crippen LogP contribution in [0, 0.1) is 5.41 Å². The molecule has 168 valence electrons. The van der Waals surface area contributed by atoms with Gasteiger partial charge < -0.3 is 9.67 Å². The molecule has 0 bridgehead atoms. The molecule has 32 heavy (non-hydrogen) atoms. The SMILES string of the molecule is CCn1c(CN2CCC3(CCN(Cc4ccccc4)CC3)C2)nc2cc(C(=O)O)ccc21. The first-order chi connectivity index (χ1) is 15.5. The molecule has 0 saturated carbocycles. The van der Waals surface area contributed by atoms with Crippen molar-refractivity contribution >= 4 is 17.0 Å². The summed E-state index contributed by atoms with van der Waals surface area (Å²) in [5, 5.41) is 9.30. The average Bonchev–Trinajstić information content (AvgIpc) is 3.36. The Hall–Kier alpha value is -2.70. The molecule has 3 heterocycles. The van der Waals surface area contributed by atoms with Crippen LogP contribution >= 0.6 is 0 Å². The van der Waals surface area contributed by atoms with Crippen LogP contribution < -0.4 is 0 Å². The van der Waals surface area contributed by atoms with Gasteiger partial charge in [0.15, 0.2) is 0 Å². The third-order valence-electron chi connectivity index (χ3n) is 7.44. The monoisotopic (exact) mass is 432 g/mol. The molecule has 0 aliphatic carbocycles. The number of hydrogen-bond donors (Lipinski definition) is 1. The maximum atomic E-state index is 11.3. The highest BCUT2D eigenvalue weighted by Crippen LogP contribution is 2.41. The van der Waals surface area contributed by atoms with Crippen LogP contribution in [0.25, 0.3) is 11.0 Å². The summed E-state index contributed by atoms with van der Waals surface area (Å²) in [6.07, 6.45) is 3.80. The van der Waals surface area contributed by atoms with Gasteiger partial charge in [-0.25, -0.2) is 9.78 Å². The first-order valence-corrected chi connectivity index (χ1v) is 11.8. The van der Waals surface area contributed by atoms with Gasteiger partial charge in [-0.2, -0.15) is 0 Å². The van der Waals surface area contributed by atoms with Crippen LogP contribution in [-0.4, -0.2) is 56.6 Å². The second-order valence-corrected chi connectivity index (χ2v) is 9.50. The van der Waals surface area contributed by atoms with Crippen molar-refractivity contribution in [1.29, 1.82) is 0 Å². The number of imidazole rings is 1. The summed E-state index contributed by atoms with van der Waals surface area (Å²) < 4.78 is 2.23. The predicted octanol–water partition coefficient (Wildman–Crippen LogP) is 4.24. The Morgan fingerprint density at radius 2 is 1.72 bits per heavy atom. The Morgan fingerprint density at radius 3 is 2.41 bits per heavy atom. The van der Waals surface area contributed by atoms with Crippen molar-refractivity contribution in [2.45, 2.75) is 45.8 Å². The minimum Gasteiger partial charge on any atom is -0.478 e. The summed E-state index contributed by atoms with van der Waals surface area (Å²) in [6, 6.07) is 16.1. The molecule has 3 aromatic rings. The molecule has 2 fully saturated rings. The average molecular weight is 433 g/mol. The van der Waals surface area contributed by atoms with Gasteiger partial charge >= 0.3 is 5.97 Å². The zero-order valence-corrected chi connectivity index (χ0v) is 18.8. The second kappa shape index (κ2) is 8.68. The Balaban J connectivity index is 1.23. The fourth-order valence-electron chi connectivity index (χ4n) is 5.58. The van der Waals surface area contributed by atoms with Crippen molar-refractivity contribution in [3.63, 3.8) is 0 Å². The van der Waals surface area contributed by atoms with Gasteiger partial charge in [-0.1, -0.05) is 30.3 Å². The van der Waals surface area contributed by atoms with Crippen LogP contribution in [-0.2, 0) is 19.6 Å². The molecular weight excluding hydrogens is 400 g/mol. The van der Waals surface area contributed by atoms with Gasteiger partial charge in [-0.05, 0) is 75.0 Å². The molecule has 2 aliphatic heterocycles. The Kier molecular flexibility index (Phi) is 5.74. The van der Waals surface area contributed by atoms with E-state index in [1.807, 2.05) is 6.07 Å². The van der Waals surface area contributed by atoms with E-state index in [0.717, 1.165) is 49.6 Å². The van der Waals surface area contributed by atoms with Crippen LogP contribution in [0.4, 0.5) is 0 Å². The summed E-state index contributed by atoms with van der Waals surface area (Å²) in [6.45, 7) is 9.46. The van der Waals surface area contributed by atoms with E-state index >= 15 is 0 Å². The fourth-order valence-corrected chi connectivity index (χ4v) is 5.58. The molecule has 0 amide bonds. The van der Waals surface area contributed by atoms with Crippen LogP contribution in [0.3, 0.4) is 0 Å². The van der Waals surface area contributed by atoms with Gasteiger partial charge in [0.05, 0.1) is 23.1 Å². The summed E-state index contributed by atoms with van der Waals surface area (Å²) in [7, 11) is 0. The number of likely N-dealkylation sites (tertiary alicyclic amines) is 2. The molecule has 6 nitrogen and oxygen atoms in total. The number of fused-ring (bicyclic) bond motifs is 1. The van der Waals surface area contributed by atoms with E-state index in [4.69, 9.17) is 4.98 Å². The van der Waals surface area contributed by atoms with E-state index in [1.54, 1.807) is 12.1 Å². The summed E-state index contributed by atoms with van der Waals surface area (Å²) in [5.74, 6) is 0.142. The standard InChI is InChI=1S/C26H32N4O2/c1-2-30-23-9-8-21(25(31)32)16-22(23)27-24(30)18-29-15-12-26(19-29)10-13-28(14-11-26)17-20-6-4-3-5-7-20/h3-9,16H,2,10-15,17-19H2,1H3,(H,31,32). The number of hydrogen-bond acceptors (Lipinski definition) is 4. The highest BCUT2D eigenvalue weighted by molar-refractivity contribution is 5.92. The zero-order valence-electron chi connectivity index (χ0n) is 18.8. The van der Waals surface area contributed by atoms with E-state index in [1.165, 1.54) is 37.9 Å². The fraction of sp³-hybridized carbons (Fsp3) is 0.462. The Labute approximate surface area is 189 Å². The minimum atomic E-state index is -0.903. The number of piperidine rings is 1. The zero-order chi connectivity index (χ0) is 22.1. The number of benzene rings is 2. The molecule has 1 N–H and O–H groups in total. The molecule has 2 saturated heterocycles. The van der Waals surface area contributed by atoms with Gasteiger partial charge in [0.1, 0.15) is 5.82 Å². The van der Waals surface area contributed by atoms with E-state index in [0.29, 0.717) is 11.0 Å². The van der Waals surface area contributed by atoms with Gasteiger partial charge in [0.25, 0.3) is 0 Å². The van der Waals surface area contributed by atoms with Crippen LogP contribution in [0.2, 0.25) is 0 Å². The molecule has 2 aliphatic rings. The summed E-state index contributed by atoms with van der Waals surface area (Å²) in [4.78, 5) is 21.3. The van der Waals surface area contributed by atoms with Crippen LogP contribution in [0.5, 0.6) is 0 Å². The maximum absolute atomic E-state index is 11.3. The number of aromatic nitrogens is 2. The molecule has 2 aromatic carbocycles. The molecule has 6 heteroatoms. The van der Waals surface area contributed by atoms with Crippen molar-refractivity contribution in [2.75, 3.05) is 26.2 Å². The van der Waals surface area contributed by atoms with Gasteiger partial charge in [0, 0.05) is 19.6 Å². The van der Waals surface area contributed by atoms with Crippen molar-refractivity contribution in [3.8, 4) is 0 Å². The minimum absolute atomic E-state index is 0.298. The Bertz CT molecular complexity index is 1100. The van der Waals surface area contributed by atoms with Gasteiger partial charge in [-0.15, -0.1) is 0 Å². The quantitative estimate of drug-likeness (QED) is 0.631. The largest absolute Gasteiger partial charge is 0.478 e. The maximum Gasteiger partial charge on any atom is 0.335 e. The van der Waals surface area contributed by atoms with Crippen molar-refractivity contribution in [1.82, 2.24) is 19.4 Å². The lowest BCUT2D eigenvalue weighted by Gasteiger charge is -2.39. The normalized spacial score (nSPS) is 19.2. The number of rotatable bonds is 6. The number of carboxylic acid groups (broad SMARTS) is 1. The number of aryl methyl sites for hydroxylation is 1. The summed E-state index contributed by atoms with van der Waals surface area (Å²) in [5.41, 5.74) is 3.95. The first-order valence-electron chi connectivity index (χ1n) is 11.8. The topological polar surface area (TPSA) is 61.6 Å². The molecule has 1 aromatic heterocycles. The lowest BCUT2D eigenvalue weighted by Crippen LogP contribution is -2.41. The van der Waals surface area contributed by atoms with Crippen molar-refractivity contribution in [2.24, 2.45) is 5.41 Å². The Morgan fingerprint density at radius 1 is 1.00 bits per heavy atom. The van der Waals surface area contributed by atoms with E-state index in [2.05, 4.69) is 51.6 Å². The van der Waals surface area contributed by atoms with E-state index < -0.39 is 5.97 Å². The van der Waals surface area contributed by atoms with Crippen LogP contribution in [0.15, 0.2) is 48.5 Å². The van der Waals surface area contributed by atoms with E-state index in [-0.39, 0.29) is 0 Å². The number of carboxylic acids is 1. The highest BCUT2D eigenvalue weighted by Gasteiger charge is 2.40. The van der Waals surface area contributed by atoms with Crippen molar-refractivity contribution < 1.29 is 9.90 Å². The third-order valence-corrected chi connectivity index (χ3v) is 7.44. The second-order valence-electron chi connectivity index (χ2n) is 9.50. The van der Waals surface area contributed by atoms with Crippen LogP contribution in [0.1, 0.15) is 47.9 Å². The number of nitrogens with zero attached hydrogens (tertiary/aromatic N) is 4. The third kappa shape index (κ3) is 4.17. The van der Waals surface area contributed by atoms with Gasteiger partial charge in [-0.3, -0.25) is 9.80 Å². The first kappa shape index (κ1) is 21.2. The van der Waals surface area contributed by atoms with E-state index in [9.17, 15) is 9.90 Å². The summed E-state index contributed by atoms with van der Waals surface area (Å²) >= 11 is 0.